The summed E-state index contributed by atoms with van der Waals surface area (Å²) in [6.07, 6.45) is 0. The van der Waals surface area contributed by atoms with Crippen molar-refractivity contribution in [3.05, 3.63) is 44.8 Å². The van der Waals surface area contributed by atoms with E-state index in [4.69, 9.17) is 5.73 Å². The molecule has 1 aromatic heterocycles. The number of thiophene rings is 1. The SMILES string of the molecule is Nc1cc(F)ccc1S(=O)Cc1ccc(Br)s1. The molecule has 0 bridgehead atoms. The van der Waals surface area contributed by atoms with Crippen LogP contribution in [0.25, 0.3) is 0 Å². The van der Waals surface area contributed by atoms with Gasteiger partial charge in [-0.25, -0.2) is 4.39 Å². The molecule has 0 saturated heterocycles. The van der Waals surface area contributed by atoms with Crippen molar-refractivity contribution < 1.29 is 8.60 Å². The summed E-state index contributed by atoms with van der Waals surface area (Å²) in [5, 5.41) is 0. The zero-order chi connectivity index (χ0) is 12.4. The number of hydrogen-bond acceptors (Lipinski definition) is 3. The first-order valence-corrected chi connectivity index (χ1v) is 7.67. The normalized spacial score (nSPS) is 12.6. The molecule has 90 valence electrons. The van der Waals surface area contributed by atoms with Gasteiger partial charge in [0.15, 0.2) is 0 Å². The van der Waals surface area contributed by atoms with Gasteiger partial charge in [0, 0.05) is 4.88 Å². The molecule has 0 spiro atoms. The molecule has 1 aromatic carbocycles. The van der Waals surface area contributed by atoms with Crippen LogP contribution in [0.3, 0.4) is 0 Å². The van der Waals surface area contributed by atoms with Crippen LogP contribution in [0.2, 0.25) is 0 Å². The Labute approximate surface area is 113 Å². The van der Waals surface area contributed by atoms with Crippen molar-refractivity contribution in [3.63, 3.8) is 0 Å². The largest absolute Gasteiger partial charge is 0.398 e. The average Bonchev–Trinajstić information content (AvgIpc) is 2.63. The van der Waals surface area contributed by atoms with Gasteiger partial charge in [-0.2, -0.15) is 0 Å². The lowest BCUT2D eigenvalue weighted by Gasteiger charge is -2.04. The van der Waals surface area contributed by atoms with Gasteiger partial charge < -0.3 is 5.73 Å². The number of halogens is 2. The van der Waals surface area contributed by atoms with Gasteiger partial charge in [-0.1, -0.05) is 0 Å². The summed E-state index contributed by atoms with van der Waals surface area (Å²) >= 11 is 4.88. The highest BCUT2D eigenvalue weighted by Gasteiger charge is 2.10. The highest BCUT2D eigenvalue weighted by atomic mass is 79.9. The predicted octanol–water partition coefficient (Wildman–Crippen LogP) is 3.54. The van der Waals surface area contributed by atoms with Crippen molar-refractivity contribution in [2.75, 3.05) is 5.73 Å². The number of hydrogen-bond donors (Lipinski definition) is 1. The summed E-state index contributed by atoms with van der Waals surface area (Å²) in [5.74, 6) is -0.0198. The second-order valence-electron chi connectivity index (χ2n) is 3.38. The van der Waals surface area contributed by atoms with Crippen LogP contribution in [0.4, 0.5) is 10.1 Å². The van der Waals surface area contributed by atoms with Gasteiger partial charge in [-0.05, 0) is 46.3 Å². The highest BCUT2D eigenvalue weighted by Crippen LogP contribution is 2.26. The van der Waals surface area contributed by atoms with Gasteiger partial charge in [0.05, 0.1) is 30.9 Å². The molecule has 2 aromatic rings. The van der Waals surface area contributed by atoms with Crippen molar-refractivity contribution >= 4 is 43.8 Å². The average molecular weight is 334 g/mol. The summed E-state index contributed by atoms with van der Waals surface area (Å²) in [6.45, 7) is 0. The summed E-state index contributed by atoms with van der Waals surface area (Å²) < 4.78 is 25.9. The summed E-state index contributed by atoms with van der Waals surface area (Å²) in [5.41, 5.74) is 5.88. The zero-order valence-corrected chi connectivity index (χ0v) is 11.9. The molecule has 0 amide bonds. The van der Waals surface area contributed by atoms with E-state index in [1.54, 1.807) is 0 Å². The van der Waals surface area contributed by atoms with Crippen molar-refractivity contribution in [1.29, 1.82) is 0 Å². The summed E-state index contributed by atoms with van der Waals surface area (Å²) in [4.78, 5) is 1.48. The molecule has 1 atom stereocenters. The zero-order valence-electron chi connectivity index (χ0n) is 8.65. The van der Waals surface area contributed by atoms with E-state index in [9.17, 15) is 8.60 Å². The van der Waals surface area contributed by atoms with Crippen LogP contribution >= 0.6 is 27.3 Å². The van der Waals surface area contributed by atoms with E-state index in [1.165, 1.54) is 29.5 Å². The molecule has 6 heteroatoms. The lowest BCUT2D eigenvalue weighted by atomic mass is 10.3. The third kappa shape index (κ3) is 3.14. The third-order valence-corrected chi connectivity index (χ3v) is 5.36. The van der Waals surface area contributed by atoms with Gasteiger partial charge in [-0.15, -0.1) is 11.3 Å². The Morgan fingerprint density at radius 1 is 1.35 bits per heavy atom. The third-order valence-electron chi connectivity index (χ3n) is 2.12. The van der Waals surface area contributed by atoms with Gasteiger partial charge >= 0.3 is 0 Å². The Balaban J connectivity index is 2.20. The monoisotopic (exact) mass is 333 g/mol. The van der Waals surface area contributed by atoms with E-state index >= 15 is 0 Å². The molecule has 2 rings (SSSR count). The topological polar surface area (TPSA) is 43.1 Å². The minimum atomic E-state index is -1.24. The standard InChI is InChI=1S/C11H9BrFNOS2/c12-11-4-2-8(16-11)6-17(15)10-3-1-7(13)5-9(10)14/h1-5H,6,14H2. The number of rotatable bonds is 3. The highest BCUT2D eigenvalue weighted by molar-refractivity contribution is 9.11. The molecule has 0 radical (unpaired) electrons. The number of anilines is 1. The molecule has 17 heavy (non-hydrogen) atoms. The first kappa shape index (κ1) is 12.7. The van der Waals surface area contributed by atoms with Crippen LogP contribution in [0.5, 0.6) is 0 Å². The van der Waals surface area contributed by atoms with Crippen LogP contribution in [0, 0.1) is 5.82 Å². The molecule has 0 aliphatic carbocycles. The molecule has 0 aliphatic rings. The summed E-state index contributed by atoms with van der Waals surface area (Å²) in [6, 6.07) is 7.76. The van der Waals surface area contributed by atoms with E-state index < -0.39 is 16.6 Å². The van der Waals surface area contributed by atoms with Gasteiger partial charge in [0.25, 0.3) is 0 Å². The van der Waals surface area contributed by atoms with Crippen LogP contribution < -0.4 is 5.73 Å². The minimum absolute atomic E-state index is 0.235. The minimum Gasteiger partial charge on any atom is -0.398 e. The van der Waals surface area contributed by atoms with Crippen molar-refractivity contribution in [3.8, 4) is 0 Å². The molecule has 2 nitrogen and oxygen atoms in total. The number of nitrogens with two attached hydrogens (primary N) is 1. The molecule has 0 fully saturated rings. The molecular formula is C11H9BrFNOS2. The molecule has 1 unspecified atom stereocenters. The molecule has 1 heterocycles. The molecule has 0 aliphatic heterocycles. The van der Waals surface area contributed by atoms with Crippen molar-refractivity contribution in [2.45, 2.75) is 10.6 Å². The van der Waals surface area contributed by atoms with Gasteiger partial charge in [0.1, 0.15) is 5.82 Å². The van der Waals surface area contributed by atoms with E-state index in [1.807, 2.05) is 12.1 Å². The molecule has 0 saturated carbocycles. The lowest BCUT2D eigenvalue weighted by molar-refractivity contribution is 0.627. The van der Waals surface area contributed by atoms with Crippen LogP contribution in [0.15, 0.2) is 39.0 Å². The Bertz CT molecular complexity index is 570. The Kier molecular flexibility index (Phi) is 3.96. The Morgan fingerprint density at radius 3 is 2.71 bits per heavy atom. The Hall–Kier alpha value is -0.720. The number of nitrogen functional groups attached to an aromatic ring is 1. The van der Waals surface area contributed by atoms with Crippen molar-refractivity contribution in [1.82, 2.24) is 0 Å². The molecular weight excluding hydrogens is 325 g/mol. The maximum absolute atomic E-state index is 12.9. The lowest BCUT2D eigenvalue weighted by Crippen LogP contribution is -2.00. The first-order valence-electron chi connectivity index (χ1n) is 4.74. The number of benzene rings is 1. The van der Waals surface area contributed by atoms with E-state index in [0.717, 1.165) is 8.66 Å². The predicted molar refractivity (Wildman–Crippen MR) is 72.9 cm³/mol. The fraction of sp³-hybridized carbons (Fsp3) is 0.0909. The van der Waals surface area contributed by atoms with Gasteiger partial charge in [-0.3, -0.25) is 4.21 Å². The quantitative estimate of drug-likeness (QED) is 0.873. The van der Waals surface area contributed by atoms with Crippen LogP contribution in [0.1, 0.15) is 4.88 Å². The smallest absolute Gasteiger partial charge is 0.125 e. The summed E-state index contributed by atoms with van der Waals surface area (Å²) in [7, 11) is -1.24. The fourth-order valence-corrected chi connectivity index (χ4v) is 4.25. The second-order valence-corrected chi connectivity index (χ2v) is 7.34. The van der Waals surface area contributed by atoms with Gasteiger partial charge in [0.2, 0.25) is 0 Å². The maximum Gasteiger partial charge on any atom is 0.125 e. The fourth-order valence-electron chi connectivity index (χ4n) is 1.36. The van der Waals surface area contributed by atoms with E-state index in [0.29, 0.717) is 10.6 Å². The maximum atomic E-state index is 12.9. The first-order chi connectivity index (χ1) is 8.06. The Morgan fingerprint density at radius 2 is 2.12 bits per heavy atom. The van der Waals surface area contributed by atoms with Crippen LogP contribution in [-0.2, 0) is 16.6 Å². The van der Waals surface area contributed by atoms with Crippen LogP contribution in [-0.4, -0.2) is 4.21 Å². The van der Waals surface area contributed by atoms with Crippen molar-refractivity contribution in [2.24, 2.45) is 0 Å². The van der Waals surface area contributed by atoms with E-state index in [2.05, 4.69) is 15.9 Å². The van der Waals surface area contributed by atoms with E-state index in [-0.39, 0.29) is 5.69 Å². The molecule has 2 N–H and O–H groups in total. The second kappa shape index (κ2) is 5.29.